The molecule has 82 valence electrons. The predicted molar refractivity (Wildman–Crippen MR) is 68.1 cm³/mol. The number of aliphatic carboxylic acids is 1. The molecule has 0 rings (SSSR count). The van der Waals surface area contributed by atoms with Crippen LogP contribution in [0.4, 0.5) is 0 Å². The molecule has 0 aliphatic rings. The molecule has 2 unspecified atom stereocenters. The van der Waals surface area contributed by atoms with Gasteiger partial charge in [0, 0.05) is 6.42 Å². The van der Waals surface area contributed by atoms with Crippen molar-refractivity contribution >= 4 is 48.5 Å². The molecular formula is C8H21Al2O3P. The molecule has 0 bridgehead atoms. The summed E-state index contributed by atoms with van der Waals surface area (Å²) >= 11 is 1.86. The van der Waals surface area contributed by atoms with Gasteiger partial charge in [-0.1, -0.05) is 19.8 Å². The molecule has 14 heavy (non-hydrogen) atoms. The van der Waals surface area contributed by atoms with Crippen LogP contribution in [-0.4, -0.2) is 50.0 Å². The van der Waals surface area contributed by atoms with Gasteiger partial charge in [0.25, 0.3) is 0 Å². The van der Waals surface area contributed by atoms with Crippen LogP contribution in [0.2, 0.25) is 0 Å². The molecule has 1 N–H and O–H groups in total. The molecule has 0 saturated carbocycles. The van der Waals surface area contributed by atoms with Crippen molar-refractivity contribution in [2.45, 2.75) is 44.7 Å². The lowest BCUT2D eigenvalue weighted by atomic mass is 10.1. The van der Waals surface area contributed by atoms with Crippen LogP contribution >= 0.6 is 9.24 Å². The first-order valence-corrected chi connectivity index (χ1v) is 7.22. The van der Waals surface area contributed by atoms with E-state index in [2.05, 4.69) is 19.0 Å². The van der Waals surface area contributed by atoms with Gasteiger partial charge in [-0.05, 0) is 18.5 Å². The highest BCUT2D eigenvalue weighted by atomic mass is 31.0. The number of carboxylic acids is 1. The molecule has 0 amide bonds. The average molecular weight is 250 g/mol. The van der Waals surface area contributed by atoms with Crippen LogP contribution in [0, 0.1) is 0 Å². The Balaban J connectivity index is 0. The summed E-state index contributed by atoms with van der Waals surface area (Å²) in [4.78, 5) is 10.1. The van der Waals surface area contributed by atoms with Gasteiger partial charge in [-0.3, -0.25) is 4.79 Å². The third-order valence-electron chi connectivity index (χ3n) is 1.55. The second-order valence-corrected chi connectivity index (χ2v) is 7.78. The van der Waals surface area contributed by atoms with Crippen LogP contribution in [0.3, 0.4) is 0 Å². The van der Waals surface area contributed by atoms with E-state index in [1.54, 1.807) is 0 Å². The van der Waals surface area contributed by atoms with Crippen LogP contribution in [0.1, 0.15) is 39.0 Å². The Bertz CT molecular complexity index is 134. The van der Waals surface area contributed by atoms with E-state index in [1.165, 1.54) is 6.42 Å². The van der Waals surface area contributed by atoms with E-state index in [1.807, 2.05) is 0 Å². The Hall–Kier alpha value is 0.925. The molecule has 0 aliphatic carbocycles. The van der Waals surface area contributed by atoms with Gasteiger partial charge in [0.2, 0.25) is 0 Å². The molecular weight excluding hydrogens is 229 g/mol. The molecule has 0 aromatic rings. The van der Waals surface area contributed by atoms with Crippen molar-refractivity contribution in [3.63, 3.8) is 0 Å². The van der Waals surface area contributed by atoms with Crippen LogP contribution in [-0.2, 0) is 7.63 Å². The van der Waals surface area contributed by atoms with Gasteiger partial charge in [-0.15, -0.1) is 9.24 Å². The molecule has 0 aromatic carbocycles. The molecule has 0 aromatic heterocycles. The Morgan fingerprint density at radius 2 is 1.93 bits per heavy atom. The summed E-state index contributed by atoms with van der Waals surface area (Å²) in [6.45, 7) is 2.15. The summed E-state index contributed by atoms with van der Waals surface area (Å²) in [5.74, 6) is -0.677. The maximum Gasteiger partial charge on any atom is 0.379 e. The quantitative estimate of drug-likeness (QED) is 0.421. The summed E-state index contributed by atoms with van der Waals surface area (Å²) in [7, 11) is 2.75. The number of hydrogen-bond acceptors (Lipinski definition) is 2. The maximum atomic E-state index is 10.1. The summed E-state index contributed by atoms with van der Waals surface area (Å²) in [6.07, 6.45) is 4.53. The zero-order valence-corrected chi connectivity index (χ0v) is 14.6. The predicted octanol–water partition coefficient (Wildman–Crippen LogP) is 0.384. The highest BCUT2D eigenvalue weighted by Gasteiger charge is 1.97. The van der Waals surface area contributed by atoms with E-state index < -0.39 is 5.97 Å². The first-order chi connectivity index (χ1) is 6.54. The number of hydrogen-bond donors (Lipinski definition) is 1. The molecule has 0 saturated heterocycles. The molecule has 0 radical (unpaired) electrons. The van der Waals surface area contributed by atoms with Gasteiger partial charge in [0.15, 0.2) is 0 Å². The lowest BCUT2D eigenvalue weighted by Crippen LogP contribution is -1.94. The Kier molecular flexibility index (Phi) is 17.2. The minimum Gasteiger partial charge on any atom is -0.647 e. The molecule has 3 nitrogen and oxygen atoms in total. The molecule has 0 aliphatic heterocycles. The SMILES string of the molecule is CC(P)CCCCCC(=O)O.[AlH2][O][AlH2]. The minimum absolute atomic E-state index is 0.325. The zero-order chi connectivity index (χ0) is 11.4. The van der Waals surface area contributed by atoms with Crippen molar-refractivity contribution in [1.29, 1.82) is 0 Å². The molecule has 2 atom stereocenters. The second-order valence-electron chi connectivity index (χ2n) is 3.38. The van der Waals surface area contributed by atoms with E-state index >= 15 is 0 Å². The third-order valence-corrected chi connectivity index (χ3v) is 1.88. The molecule has 0 spiro atoms. The maximum absolute atomic E-state index is 10.1. The Labute approximate surface area is 106 Å². The van der Waals surface area contributed by atoms with Gasteiger partial charge in [0.05, 0.1) is 0 Å². The summed E-state index contributed by atoms with van der Waals surface area (Å²) in [5.41, 5.74) is 0.667. The van der Waals surface area contributed by atoms with Crippen molar-refractivity contribution in [3.05, 3.63) is 0 Å². The first kappa shape index (κ1) is 17.3. The lowest BCUT2D eigenvalue weighted by molar-refractivity contribution is -0.137. The summed E-state index contributed by atoms with van der Waals surface area (Å²) < 4.78 is 4.53. The zero-order valence-electron chi connectivity index (χ0n) is 9.45. The van der Waals surface area contributed by atoms with Gasteiger partial charge >= 0.3 is 39.2 Å². The second kappa shape index (κ2) is 13.9. The molecule has 0 heterocycles. The normalized spacial score (nSPS) is 11.3. The summed E-state index contributed by atoms with van der Waals surface area (Å²) in [6, 6.07) is 0. The van der Waals surface area contributed by atoms with E-state index in [0.29, 0.717) is 12.1 Å². The highest BCUT2D eigenvalue weighted by Crippen LogP contribution is 2.10. The van der Waals surface area contributed by atoms with Gasteiger partial charge in [-0.25, -0.2) is 0 Å². The molecule has 6 heteroatoms. The van der Waals surface area contributed by atoms with Crippen LogP contribution < -0.4 is 0 Å². The van der Waals surface area contributed by atoms with Gasteiger partial charge in [-0.2, -0.15) is 0 Å². The van der Waals surface area contributed by atoms with Crippen LogP contribution in [0.5, 0.6) is 0 Å². The number of unbranched alkanes of at least 4 members (excludes halogenated alkanes) is 2. The highest BCUT2D eigenvalue weighted by molar-refractivity contribution is 7.17. The average Bonchev–Trinajstić information content (AvgIpc) is 2.04. The number of rotatable bonds is 6. The fraction of sp³-hybridized carbons (Fsp3) is 0.875. The third kappa shape index (κ3) is 23.1. The van der Waals surface area contributed by atoms with Crippen molar-refractivity contribution < 1.29 is 12.7 Å². The van der Waals surface area contributed by atoms with E-state index in [4.69, 9.17) is 5.11 Å². The van der Waals surface area contributed by atoms with Crippen LogP contribution in [0.15, 0.2) is 0 Å². The minimum atomic E-state index is -0.677. The smallest absolute Gasteiger partial charge is 0.379 e. The van der Waals surface area contributed by atoms with Crippen molar-refractivity contribution in [1.82, 2.24) is 0 Å². The standard InChI is InChI=1S/C8H17O2P.2Al.O.4H/c1-7(11)5-3-2-4-6-8(9)10;;;;;;;/h7H,2-6,11H2,1H3,(H,9,10);;;;;;;. The fourth-order valence-corrected chi connectivity index (χ4v) is 1.16. The fourth-order valence-electron chi connectivity index (χ4n) is 0.919. The Morgan fingerprint density at radius 1 is 1.43 bits per heavy atom. The van der Waals surface area contributed by atoms with Crippen LogP contribution in [0.25, 0.3) is 0 Å². The lowest BCUT2D eigenvalue weighted by Gasteiger charge is -2.02. The first-order valence-electron chi connectivity index (χ1n) is 4.92. The number of carbonyl (C=O) groups is 1. The van der Waals surface area contributed by atoms with E-state index in [9.17, 15) is 4.79 Å². The van der Waals surface area contributed by atoms with Gasteiger partial charge in [0.1, 0.15) is 0 Å². The topological polar surface area (TPSA) is 46.5 Å². The monoisotopic (exact) mass is 250 g/mol. The van der Waals surface area contributed by atoms with Crippen molar-refractivity contribution in [2.75, 3.05) is 0 Å². The van der Waals surface area contributed by atoms with Crippen molar-refractivity contribution in [3.8, 4) is 0 Å². The number of carboxylic acid groups (broad SMARTS) is 1. The van der Waals surface area contributed by atoms with Gasteiger partial charge < -0.3 is 7.95 Å². The Morgan fingerprint density at radius 3 is 2.29 bits per heavy atom. The largest absolute Gasteiger partial charge is 0.647 e. The van der Waals surface area contributed by atoms with Crippen molar-refractivity contribution in [2.24, 2.45) is 0 Å². The molecule has 0 fully saturated rings. The van der Waals surface area contributed by atoms with E-state index in [-0.39, 0.29) is 0 Å². The summed E-state index contributed by atoms with van der Waals surface area (Å²) in [5, 5.41) is 8.32. The van der Waals surface area contributed by atoms with E-state index in [0.717, 1.165) is 52.5 Å².